The van der Waals surface area contributed by atoms with Gasteiger partial charge in [0.15, 0.2) is 5.58 Å². The SMILES string of the molecule is O=C(c1cnc(F)c(Cl)c1)N1CCN(c2nc3nc(Cl)ccc3o2)CC1. The molecule has 1 aliphatic rings. The van der Waals surface area contributed by atoms with Gasteiger partial charge in [-0.2, -0.15) is 9.37 Å². The minimum atomic E-state index is -0.794. The van der Waals surface area contributed by atoms with Crippen LogP contribution in [0.2, 0.25) is 10.2 Å². The van der Waals surface area contributed by atoms with Gasteiger partial charge in [-0.1, -0.05) is 23.2 Å². The summed E-state index contributed by atoms with van der Waals surface area (Å²) in [5, 5.41) is 0.173. The van der Waals surface area contributed by atoms with Crippen molar-refractivity contribution in [2.75, 3.05) is 31.1 Å². The normalized spacial score (nSPS) is 14.9. The van der Waals surface area contributed by atoms with Crippen molar-refractivity contribution in [3.8, 4) is 0 Å². The first-order valence-electron chi connectivity index (χ1n) is 7.79. The summed E-state index contributed by atoms with van der Waals surface area (Å²) in [6.07, 6.45) is 1.19. The van der Waals surface area contributed by atoms with Crippen LogP contribution in [0, 0.1) is 5.95 Å². The third kappa shape index (κ3) is 3.17. The molecule has 7 nitrogen and oxygen atoms in total. The van der Waals surface area contributed by atoms with Crippen LogP contribution in [0.15, 0.2) is 28.8 Å². The quantitative estimate of drug-likeness (QED) is 0.620. The smallest absolute Gasteiger partial charge is 0.300 e. The van der Waals surface area contributed by atoms with Crippen LogP contribution < -0.4 is 4.90 Å². The van der Waals surface area contributed by atoms with E-state index in [1.54, 1.807) is 17.0 Å². The molecule has 0 radical (unpaired) electrons. The van der Waals surface area contributed by atoms with Gasteiger partial charge in [0.1, 0.15) is 5.15 Å². The van der Waals surface area contributed by atoms with Crippen LogP contribution in [0.1, 0.15) is 10.4 Å². The molecule has 0 atom stereocenters. The molecule has 1 fully saturated rings. The van der Waals surface area contributed by atoms with E-state index in [0.717, 1.165) is 0 Å². The molecule has 0 aliphatic carbocycles. The van der Waals surface area contributed by atoms with Crippen LogP contribution in [0.5, 0.6) is 0 Å². The summed E-state index contributed by atoms with van der Waals surface area (Å²) in [5.41, 5.74) is 1.25. The van der Waals surface area contributed by atoms with Gasteiger partial charge in [-0.05, 0) is 18.2 Å². The van der Waals surface area contributed by atoms with Crippen LogP contribution in [0.25, 0.3) is 11.2 Å². The summed E-state index contributed by atoms with van der Waals surface area (Å²) in [4.78, 5) is 28.0. The summed E-state index contributed by atoms with van der Waals surface area (Å²) < 4.78 is 18.8. The molecule has 1 aliphatic heterocycles. The van der Waals surface area contributed by atoms with Gasteiger partial charge in [0.05, 0.1) is 10.6 Å². The van der Waals surface area contributed by atoms with E-state index in [1.807, 2.05) is 4.90 Å². The summed E-state index contributed by atoms with van der Waals surface area (Å²) in [6.45, 7) is 1.99. The Bertz CT molecular complexity index is 988. The predicted octanol–water partition coefficient (Wildman–Crippen LogP) is 3.03. The highest BCUT2D eigenvalue weighted by Crippen LogP contribution is 2.23. The molecule has 0 unspecified atom stereocenters. The Hall–Kier alpha value is -2.45. The van der Waals surface area contributed by atoms with Crippen LogP contribution in [-0.2, 0) is 0 Å². The highest BCUT2D eigenvalue weighted by molar-refractivity contribution is 6.31. The lowest BCUT2D eigenvalue weighted by atomic mass is 10.2. The fourth-order valence-corrected chi connectivity index (χ4v) is 3.05. The number of carbonyl (C=O) groups excluding carboxylic acids is 1. The van der Waals surface area contributed by atoms with Crippen molar-refractivity contribution in [2.45, 2.75) is 0 Å². The number of pyridine rings is 2. The lowest BCUT2D eigenvalue weighted by molar-refractivity contribution is 0.0744. The van der Waals surface area contributed by atoms with Crippen LogP contribution in [0.3, 0.4) is 0 Å². The molecule has 1 amide bonds. The lowest BCUT2D eigenvalue weighted by Crippen LogP contribution is -2.49. The highest BCUT2D eigenvalue weighted by atomic mass is 35.5. The summed E-state index contributed by atoms with van der Waals surface area (Å²) in [7, 11) is 0. The van der Waals surface area contributed by atoms with Crippen molar-refractivity contribution in [1.29, 1.82) is 0 Å². The molecular weight excluding hydrogens is 384 g/mol. The van der Waals surface area contributed by atoms with Gasteiger partial charge in [-0.15, -0.1) is 0 Å². The first kappa shape index (κ1) is 17.0. The lowest BCUT2D eigenvalue weighted by Gasteiger charge is -2.33. The molecule has 3 aromatic rings. The van der Waals surface area contributed by atoms with E-state index in [-0.39, 0.29) is 16.5 Å². The molecule has 0 aromatic carbocycles. The number of amides is 1. The molecule has 0 bridgehead atoms. The van der Waals surface area contributed by atoms with Gasteiger partial charge in [-0.25, -0.2) is 9.97 Å². The van der Waals surface area contributed by atoms with Gasteiger partial charge < -0.3 is 14.2 Å². The van der Waals surface area contributed by atoms with E-state index in [4.69, 9.17) is 27.6 Å². The Morgan fingerprint density at radius 2 is 1.92 bits per heavy atom. The fourth-order valence-electron chi connectivity index (χ4n) is 2.74. The number of nitrogens with zero attached hydrogens (tertiary/aromatic N) is 5. The third-order valence-electron chi connectivity index (χ3n) is 4.09. The molecule has 1 saturated heterocycles. The van der Waals surface area contributed by atoms with Crippen LogP contribution in [0.4, 0.5) is 10.4 Å². The average molecular weight is 396 g/mol. The Kier molecular flexibility index (Phi) is 4.37. The van der Waals surface area contributed by atoms with E-state index < -0.39 is 5.95 Å². The van der Waals surface area contributed by atoms with Gasteiger partial charge in [0.25, 0.3) is 11.9 Å². The predicted molar refractivity (Wildman–Crippen MR) is 94.1 cm³/mol. The Balaban J connectivity index is 1.46. The number of aromatic nitrogens is 3. The number of fused-ring (bicyclic) bond motifs is 1. The maximum absolute atomic E-state index is 13.2. The number of piperazine rings is 1. The number of rotatable bonds is 2. The maximum atomic E-state index is 13.2. The largest absolute Gasteiger partial charge is 0.422 e. The minimum Gasteiger partial charge on any atom is -0.422 e. The summed E-state index contributed by atoms with van der Waals surface area (Å²) in [6, 6.07) is 5.08. The molecule has 0 spiro atoms. The molecule has 134 valence electrons. The third-order valence-corrected chi connectivity index (χ3v) is 4.56. The fraction of sp³-hybridized carbons (Fsp3) is 0.250. The topological polar surface area (TPSA) is 75.4 Å². The highest BCUT2D eigenvalue weighted by Gasteiger charge is 2.25. The zero-order valence-electron chi connectivity index (χ0n) is 13.3. The number of hydrogen-bond donors (Lipinski definition) is 0. The van der Waals surface area contributed by atoms with Gasteiger partial charge in [0.2, 0.25) is 11.6 Å². The molecule has 26 heavy (non-hydrogen) atoms. The van der Waals surface area contributed by atoms with E-state index in [2.05, 4.69) is 15.0 Å². The molecule has 3 aromatic heterocycles. The van der Waals surface area contributed by atoms with E-state index in [0.29, 0.717) is 48.6 Å². The number of halogens is 3. The van der Waals surface area contributed by atoms with Gasteiger partial charge >= 0.3 is 0 Å². The molecule has 0 N–H and O–H groups in total. The van der Waals surface area contributed by atoms with Crippen molar-refractivity contribution < 1.29 is 13.6 Å². The van der Waals surface area contributed by atoms with E-state index in [1.165, 1.54) is 12.3 Å². The van der Waals surface area contributed by atoms with Gasteiger partial charge in [0, 0.05) is 32.4 Å². The molecule has 10 heteroatoms. The average Bonchev–Trinajstić information content (AvgIpc) is 3.06. The van der Waals surface area contributed by atoms with Crippen molar-refractivity contribution in [3.05, 3.63) is 46.1 Å². The summed E-state index contributed by atoms with van der Waals surface area (Å²) in [5.74, 6) is -1.04. The van der Waals surface area contributed by atoms with Crippen LogP contribution >= 0.6 is 23.2 Å². The van der Waals surface area contributed by atoms with Crippen molar-refractivity contribution in [2.24, 2.45) is 0 Å². The van der Waals surface area contributed by atoms with E-state index in [9.17, 15) is 9.18 Å². The number of hydrogen-bond acceptors (Lipinski definition) is 6. The van der Waals surface area contributed by atoms with Crippen molar-refractivity contribution in [1.82, 2.24) is 19.9 Å². The first-order chi connectivity index (χ1) is 12.5. The van der Waals surface area contributed by atoms with Crippen LogP contribution in [-0.4, -0.2) is 51.9 Å². The van der Waals surface area contributed by atoms with Crippen molar-refractivity contribution in [3.63, 3.8) is 0 Å². The second kappa shape index (κ2) is 6.69. The zero-order valence-corrected chi connectivity index (χ0v) is 14.8. The minimum absolute atomic E-state index is 0.174. The number of oxazole rings is 1. The summed E-state index contributed by atoms with van der Waals surface area (Å²) >= 11 is 11.6. The standard InChI is InChI=1S/C16H12Cl2FN5O2/c17-10-7-9(8-20-13(10)19)15(25)23-3-5-24(6-4-23)16-22-14-11(26-16)1-2-12(18)21-14/h1-2,7-8H,3-6H2. The molecular formula is C16H12Cl2FN5O2. The first-order valence-corrected chi connectivity index (χ1v) is 8.55. The molecule has 4 heterocycles. The number of carbonyl (C=O) groups is 1. The Morgan fingerprint density at radius 1 is 1.15 bits per heavy atom. The Morgan fingerprint density at radius 3 is 2.65 bits per heavy atom. The van der Waals surface area contributed by atoms with Crippen molar-refractivity contribution >= 4 is 46.4 Å². The van der Waals surface area contributed by atoms with E-state index >= 15 is 0 Å². The molecule has 4 rings (SSSR count). The molecule has 0 saturated carbocycles. The second-order valence-electron chi connectivity index (χ2n) is 5.73. The second-order valence-corrected chi connectivity index (χ2v) is 6.52. The zero-order chi connectivity index (χ0) is 18.3. The Labute approximate surface area is 157 Å². The monoisotopic (exact) mass is 395 g/mol. The number of anilines is 1. The van der Waals surface area contributed by atoms with Gasteiger partial charge in [-0.3, -0.25) is 4.79 Å². The maximum Gasteiger partial charge on any atom is 0.300 e.